The first-order valence-electron chi connectivity index (χ1n) is 6.50. The molecule has 1 N–H and O–H groups in total. The maximum Gasteiger partial charge on any atom is 0.289 e. The highest BCUT2D eigenvalue weighted by Crippen LogP contribution is 2.30. The van der Waals surface area contributed by atoms with E-state index >= 15 is 0 Å². The van der Waals surface area contributed by atoms with Crippen molar-refractivity contribution in [2.45, 2.75) is 4.90 Å². The fraction of sp³-hybridized carbons (Fsp3) is 0.143. The van der Waals surface area contributed by atoms with Crippen LogP contribution in [0.3, 0.4) is 0 Å². The maximum atomic E-state index is 12.8. The molecule has 0 aliphatic carbocycles. The third kappa shape index (κ3) is 3.61. The fourth-order valence-corrected chi connectivity index (χ4v) is 3.66. The number of hydrogen-bond donors (Lipinski definition) is 1. The predicted octanol–water partition coefficient (Wildman–Crippen LogP) is 2.44. The van der Waals surface area contributed by atoms with Crippen LogP contribution in [0.15, 0.2) is 53.4 Å². The van der Waals surface area contributed by atoms with Crippen LogP contribution >= 0.6 is 11.6 Å². The van der Waals surface area contributed by atoms with Gasteiger partial charge in [-0.05, 0) is 24.3 Å². The molecule has 0 fully saturated rings. The minimum Gasteiger partial charge on any atom is -0.394 e. The van der Waals surface area contributed by atoms with Crippen molar-refractivity contribution in [2.75, 3.05) is 17.5 Å². The number of anilines is 1. The second-order valence-corrected chi connectivity index (χ2v) is 6.78. The van der Waals surface area contributed by atoms with Gasteiger partial charge < -0.3 is 5.11 Å². The molecule has 2 aromatic rings. The Morgan fingerprint density at radius 3 is 2.39 bits per heavy atom. The average molecular weight is 357 g/mol. The summed E-state index contributed by atoms with van der Waals surface area (Å²) in [6.07, 6.45) is 0. The van der Waals surface area contributed by atoms with Crippen LogP contribution < -0.4 is 4.31 Å². The zero-order valence-corrected chi connectivity index (χ0v) is 13.4. The molecule has 0 aliphatic heterocycles. The van der Waals surface area contributed by atoms with E-state index in [0.717, 1.165) is 16.4 Å². The van der Waals surface area contributed by atoms with Crippen molar-refractivity contribution in [3.8, 4) is 0 Å². The number of benzene rings is 2. The lowest BCUT2D eigenvalue weighted by Crippen LogP contribution is -2.33. The van der Waals surface area contributed by atoms with E-state index in [4.69, 9.17) is 16.7 Å². The van der Waals surface area contributed by atoms with Crippen LogP contribution in [0.25, 0.3) is 0 Å². The van der Waals surface area contributed by atoms with E-state index in [2.05, 4.69) is 0 Å². The Balaban J connectivity index is 2.55. The molecule has 9 heteroatoms. The summed E-state index contributed by atoms with van der Waals surface area (Å²) in [6, 6.07) is 11.4. The van der Waals surface area contributed by atoms with Gasteiger partial charge in [0.2, 0.25) is 0 Å². The number of sulfonamides is 1. The number of aliphatic hydroxyl groups is 1. The second-order valence-electron chi connectivity index (χ2n) is 4.51. The van der Waals surface area contributed by atoms with Crippen molar-refractivity contribution in [3.05, 3.63) is 63.7 Å². The predicted molar refractivity (Wildman–Crippen MR) is 86.2 cm³/mol. The van der Waals surface area contributed by atoms with E-state index in [9.17, 15) is 18.5 Å². The molecular weight excluding hydrogens is 344 g/mol. The Hall–Kier alpha value is -2.16. The number of nitrogens with zero attached hydrogens (tertiary/aromatic N) is 2. The molecule has 0 amide bonds. The molecule has 2 aromatic carbocycles. The average Bonchev–Trinajstić information content (AvgIpc) is 2.53. The SMILES string of the molecule is O=[N+]([O-])c1cc(S(=O)(=O)N(CCO)c2ccccc2)ccc1Cl. The highest BCUT2D eigenvalue weighted by atomic mass is 35.5. The maximum absolute atomic E-state index is 12.8. The summed E-state index contributed by atoms with van der Waals surface area (Å²) in [5.74, 6) is 0. The van der Waals surface area contributed by atoms with Gasteiger partial charge in [0.15, 0.2) is 0 Å². The first-order valence-corrected chi connectivity index (χ1v) is 8.32. The van der Waals surface area contributed by atoms with Crippen molar-refractivity contribution in [1.29, 1.82) is 0 Å². The van der Waals surface area contributed by atoms with Crippen LogP contribution in [-0.2, 0) is 10.0 Å². The summed E-state index contributed by atoms with van der Waals surface area (Å²) >= 11 is 5.71. The number of rotatable bonds is 6. The van der Waals surface area contributed by atoms with Crippen molar-refractivity contribution < 1.29 is 18.4 Å². The van der Waals surface area contributed by atoms with Crippen LogP contribution in [0.5, 0.6) is 0 Å². The summed E-state index contributed by atoms with van der Waals surface area (Å²) < 4.78 is 26.5. The van der Waals surface area contributed by atoms with Crippen molar-refractivity contribution in [3.63, 3.8) is 0 Å². The van der Waals surface area contributed by atoms with Gasteiger partial charge in [0, 0.05) is 6.07 Å². The van der Waals surface area contributed by atoms with Gasteiger partial charge in [0.1, 0.15) is 5.02 Å². The highest BCUT2D eigenvalue weighted by molar-refractivity contribution is 7.92. The van der Waals surface area contributed by atoms with Crippen LogP contribution in [0.2, 0.25) is 5.02 Å². The normalized spacial score (nSPS) is 11.2. The number of para-hydroxylation sites is 1. The molecular formula is C14H13ClN2O5S. The Kier molecular flexibility index (Phi) is 5.19. The van der Waals surface area contributed by atoms with Crippen LogP contribution in [0.4, 0.5) is 11.4 Å². The lowest BCUT2D eigenvalue weighted by Gasteiger charge is -2.23. The van der Waals surface area contributed by atoms with Crippen LogP contribution in [0, 0.1) is 10.1 Å². The molecule has 7 nitrogen and oxygen atoms in total. The molecule has 0 spiro atoms. The minimum atomic E-state index is -4.08. The molecule has 0 saturated carbocycles. The molecule has 23 heavy (non-hydrogen) atoms. The number of nitro benzene ring substituents is 1. The highest BCUT2D eigenvalue weighted by Gasteiger charge is 2.27. The van der Waals surface area contributed by atoms with Crippen molar-refractivity contribution >= 4 is 33.0 Å². The first-order chi connectivity index (χ1) is 10.9. The van der Waals surface area contributed by atoms with Gasteiger partial charge in [-0.15, -0.1) is 0 Å². The second kappa shape index (κ2) is 6.95. The Morgan fingerprint density at radius 2 is 1.83 bits per heavy atom. The van der Waals surface area contributed by atoms with Gasteiger partial charge in [0.05, 0.1) is 28.7 Å². The molecule has 0 saturated heterocycles. The number of aliphatic hydroxyl groups excluding tert-OH is 1. The van der Waals surface area contributed by atoms with E-state index in [1.54, 1.807) is 30.3 Å². The third-order valence-corrected chi connectivity index (χ3v) is 5.19. The first kappa shape index (κ1) is 17.2. The smallest absolute Gasteiger partial charge is 0.289 e. The number of hydrogen-bond acceptors (Lipinski definition) is 5. The van der Waals surface area contributed by atoms with Gasteiger partial charge in [-0.1, -0.05) is 29.8 Å². The summed E-state index contributed by atoms with van der Waals surface area (Å²) in [6.45, 7) is -0.577. The molecule has 0 unspecified atom stereocenters. The quantitative estimate of drug-likeness (QED) is 0.632. The Bertz CT molecular complexity index is 811. The van der Waals surface area contributed by atoms with E-state index < -0.39 is 27.2 Å². The topological polar surface area (TPSA) is 101 Å². The summed E-state index contributed by atoms with van der Waals surface area (Å²) in [5, 5.41) is 19.9. The van der Waals surface area contributed by atoms with Gasteiger partial charge in [0.25, 0.3) is 15.7 Å². The van der Waals surface area contributed by atoms with Crippen molar-refractivity contribution in [1.82, 2.24) is 0 Å². The van der Waals surface area contributed by atoms with Crippen molar-refractivity contribution in [2.24, 2.45) is 0 Å². The van der Waals surface area contributed by atoms with Crippen LogP contribution in [0.1, 0.15) is 0 Å². The zero-order valence-electron chi connectivity index (χ0n) is 11.8. The van der Waals surface area contributed by atoms with Gasteiger partial charge in [-0.2, -0.15) is 0 Å². The third-order valence-electron chi connectivity index (χ3n) is 3.05. The molecule has 0 aromatic heterocycles. The lowest BCUT2D eigenvalue weighted by atomic mass is 10.3. The molecule has 0 radical (unpaired) electrons. The standard InChI is InChI=1S/C14H13ClN2O5S/c15-13-7-6-12(10-14(13)17(19)20)23(21,22)16(8-9-18)11-4-2-1-3-5-11/h1-7,10,18H,8-9H2. The van der Waals surface area contributed by atoms with Gasteiger partial charge >= 0.3 is 0 Å². The largest absolute Gasteiger partial charge is 0.394 e. The van der Waals surface area contributed by atoms with E-state index in [-0.39, 0.29) is 16.5 Å². The molecule has 122 valence electrons. The lowest BCUT2D eigenvalue weighted by molar-refractivity contribution is -0.384. The number of nitro groups is 1. The molecule has 2 rings (SSSR count). The van der Waals surface area contributed by atoms with E-state index in [1.807, 2.05) is 0 Å². The van der Waals surface area contributed by atoms with E-state index in [1.165, 1.54) is 6.07 Å². The Labute approximate surface area is 137 Å². The molecule has 0 aliphatic rings. The molecule has 0 heterocycles. The molecule has 0 bridgehead atoms. The Morgan fingerprint density at radius 1 is 1.17 bits per heavy atom. The van der Waals surface area contributed by atoms with Gasteiger partial charge in [-0.25, -0.2) is 8.42 Å². The number of halogens is 1. The summed E-state index contributed by atoms with van der Waals surface area (Å²) in [7, 11) is -4.08. The zero-order chi connectivity index (χ0) is 17.0. The summed E-state index contributed by atoms with van der Waals surface area (Å²) in [5.41, 5.74) is -0.149. The fourth-order valence-electron chi connectivity index (χ4n) is 1.99. The minimum absolute atomic E-state index is 0.151. The van der Waals surface area contributed by atoms with Crippen LogP contribution in [-0.4, -0.2) is 31.6 Å². The van der Waals surface area contributed by atoms with Gasteiger partial charge in [-0.3, -0.25) is 14.4 Å². The monoisotopic (exact) mass is 356 g/mol. The summed E-state index contributed by atoms with van der Waals surface area (Å²) in [4.78, 5) is 9.92. The van der Waals surface area contributed by atoms with E-state index in [0.29, 0.717) is 5.69 Å². The molecule has 0 atom stereocenters.